The Labute approximate surface area is 1430 Å². The van der Waals surface area contributed by atoms with Gasteiger partial charge in [-0.2, -0.15) is 0 Å². The van der Waals surface area contributed by atoms with Crippen LogP contribution in [0.15, 0.2) is 0 Å². The van der Waals surface area contributed by atoms with Gasteiger partial charge in [-0.1, -0.05) is 0 Å². The third kappa shape index (κ3) is 3080. The average molecular weight is 3500 g/mol. The average Bonchev–Trinajstić information content (AvgIpc) is 1.00. The van der Waals surface area contributed by atoms with Gasteiger partial charge in [-0.25, -0.2) is 0 Å². The van der Waals surface area contributed by atoms with E-state index in [1.807, 2.05) is 0 Å². The van der Waals surface area contributed by atoms with Gasteiger partial charge in [-0.3, -0.25) is 0 Å². The van der Waals surface area contributed by atoms with Crippen LogP contribution in [0.1, 0.15) is 0 Å². The molecule has 0 aliphatic rings. The van der Waals surface area contributed by atoms with Gasteiger partial charge in [0.15, 0.2) is 0 Å². The van der Waals surface area contributed by atoms with Crippen LogP contribution in [-0.2, 0) is 1040 Å². The Hall–Kier alpha value is 32.3. The summed E-state index contributed by atoms with van der Waals surface area (Å²) in [4.78, 5) is 0. The van der Waals surface area contributed by atoms with Crippen LogP contribution < -0.4 is 0 Å². The Balaban J connectivity index is -0.000000000000750. The van der Waals surface area contributed by atoms with Gasteiger partial charge in [0.2, 0.25) is 0 Å². The minimum Gasteiger partial charge on any atom is -0.412 e. The molecule has 0 aliphatic carbocycles. The Morgan fingerprint density at radius 3 is 0.0593 bits per heavy atom. The summed E-state index contributed by atoms with van der Waals surface area (Å²) in [5.41, 5.74) is 0. The molecule has 0 saturated heterocycles. The van der Waals surface area contributed by atoms with Crippen molar-refractivity contribution < 1.29 is 1310 Å². The van der Waals surface area contributed by atoms with Crippen LogP contribution >= 0.6 is 0 Å². The van der Waals surface area contributed by atoms with Crippen LogP contribution in [0.3, 0.4) is 0 Å². The van der Waals surface area contributed by atoms with E-state index in [1.165, 1.54) is 0 Å². The summed E-state index contributed by atoms with van der Waals surface area (Å²) in [6, 6.07) is 0. The molecule has 0 spiro atoms. The largest absolute Gasteiger partial charge is 2.00 e. The van der Waals surface area contributed by atoms with E-state index in [9.17, 15) is 0 Å². The molecule has 0 amide bonds. The molecule has 0 bridgehead atoms. The van der Waals surface area contributed by atoms with Crippen molar-refractivity contribution in [1.82, 2.24) is 0 Å². The first kappa shape index (κ1) is 3020. The summed E-state index contributed by atoms with van der Waals surface area (Å²) < 4.78 is 0. The fraction of sp³-hybridized carbons (Fsp3) is 0.0476. The van der Waals surface area contributed by atoms with Crippen molar-refractivity contribution in [1.29, 1.82) is 0 Å². The summed E-state index contributed by atoms with van der Waals surface area (Å²) in [6.07, 6.45) is 0. The molecule has 0 radical (unpaired) electrons. The standard InChI is InChI=1S/CH4O.20CH3.48H2O.48Ti/c1-2;;;;;;;;;;;;;;;;;;;;;;;;;;;;;;;;;;;;;;;;;;;;;;;;;;;;;;;;;;;;;;;;;;;;;;;;;;;;;;;;;;;;;;;;;;;;;;;;;;;;;;;;;;;;;;;;;;;;/h2H,1H3;20*1H3;48*1H2;;;;;;;;;;;;;;;;;;;;;;;;;;;;;;;;;;;;;;;;;;;;;;;;/q;20*-1;;;;;;;;;;;;;;;;;;;;;;;;;;;;;;;;;;;;;;;;;;;;;;;;;;;;;;;;;;;;;;;;;;;;;;;;;;;;;;;;;;;;;;;;;;;;;;;2*+2. The maximum absolute atomic E-state index is 7.00. The predicted octanol–water partition coefficient (Wildman–Crippen LogP) is -31.1. The van der Waals surface area contributed by atoms with E-state index in [0.29, 0.717) is 0 Å². The van der Waals surface area contributed by atoms with Gasteiger partial charge in [0, 0.05) is 1010 Å². The van der Waals surface area contributed by atoms with Crippen LogP contribution in [0.25, 0.3) is 0 Å². The minimum atomic E-state index is 0. The molecule has 0 fully saturated rings. The van der Waals surface area contributed by atoms with Gasteiger partial charge in [-0.05, 0) is 0 Å². The normalized spacial score (nSPS) is 0.0508. The number of hydrogen-bond acceptors (Lipinski definition) is 1. The number of aliphatic hydroxyl groups is 1. The van der Waals surface area contributed by atoms with E-state index in [-0.39, 0.29) is 1450 Å². The smallest absolute Gasteiger partial charge is 0.412 e. The fourth-order valence-electron chi connectivity index (χ4n) is 0. The molecule has 97 N–H and O–H groups in total. The molecule has 0 aromatic heterocycles. The molecule has 0 atom stereocenters. The van der Waals surface area contributed by atoms with Gasteiger partial charge in [-0.15, -0.1) is 0 Å². The molecule has 118 heavy (non-hydrogen) atoms. The second-order valence-corrected chi connectivity index (χ2v) is 0. The maximum atomic E-state index is 7.00. The first-order valence-electron chi connectivity index (χ1n) is 0.447. The molecule has 0 aliphatic heterocycles. The Kier molecular flexibility index (Phi) is 80400. The summed E-state index contributed by atoms with van der Waals surface area (Å²) in [7, 11) is 1.00. The zero-order valence-corrected chi connectivity index (χ0v) is 144. The van der Waals surface area contributed by atoms with Crippen LogP contribution in [0, 0.1) is 149 Å². The molecular weight excluding hydrogens is 3330 g/mol. The molecule has 746 valence electrons. The zero-order valence-electron chi connectivity index (χ0n) is 69.4. The summed E-state index contributed by atoms with van der Waals surface area (Å²) in [5.74, 6) is 0. The summed E-state index contributed by atoms with van der Waals surface area (Å²) >= 11 is 0. The van der Waals surface area contributed by atoms with Crippen LogP contribution in [0.2, 0.25) is 0 Å². The molecule has 0 aromatic rings. The van der Waals surface area contributed by atoms with E-state index in [2.05, 4.69) is 0 Å². The monoisotopic (exact) mass is 3500 g/mol. The number of aliphatic hydroxyl groups excluding tert-OH is 1. The van der Waals surface area contributed by atoms with Crippen molar-refractivity contribution in [3.63, 3.8) is 0 Å². The van der Waals surface area contributed by atoms with Crippen molar-refractivity contribution in [2.24, 2.45) is 0 Å². The van der Waals surface area contributed by atoms with Crippen LogP contribution in [0.4, 0.5) is 0 Å². The molecule has 49 nitrogen and oxygen atoms in total. The molecular formula is C21H160O49Ti48-16. The second kappa shape index (κ2) is 3140. The summed E-state index contributed by atoms with van der Waals surface area (Å²) in [5, 5.41) is 7.00. The first-order chi connectivity index (χ1) is 1.00. The molecule has 0 saturated carbocycles. The molecule has 0 rings (SSSR count). The molecule has 0 unspecified atom stereocenters. The molecule has 0 aromatic carbocycles. The van der Waals surface area contributed by atoms with Crippen molar-refractivity contribution in [2.45, 2.75) is 0 Å². The fourth-order valence-corrected chi connectivity index (χ4v) is 0. The predicted molar refractivity (Wildman–Crippen MR) is 310 cm³/mol. The topological polar surface area (TPSA) is 1530 Å². The first-order valence-corrected chi connectivity index (χ1v) is 0.447. The van der Waals surface area contributed by atoms with Crippen molar-refractivity contribution in [3.05, 3.63) is 149 Å². The minimum absolute atomic E-state index is 0. The van der Waals surface area contributed by atoms with E-state index in [0.717, 1.165) is 7.11 Å². The van der Waals surface area contributed by atoms with E-state index in [1.54, 1.807) is 0 Å². The zero-order chi connectivity index (χ0) is 2.00. The van der Waals surface area contributed by atoms with Crippen LogP contribution in [0.5, 0.6) is 0 Å². The molecule has 97 heteroatoms. The Morgan fingerprint density at radius 1 is 0.0593 bits per heavy atom. The molecule has 0 heterocycles. The van der Waals surface area contributed by atoms with Crippen molar-refractivity contribution in [3.8, 4) is 0 Å². The van der Waals surface area contributed by atoms with Gasteiger partial charge in [0.05, 0.1) is 0 Å². The quantitative estimate of drug-likeness (QED) is 0.179. The second-order valence-electron chi connectivity index (χ2n) is 0. The van der Waals surface area contributed by atoms with Crippen LogP contribution in [-0.4, -0.2) is 275 Å². The third-order valence-electron chi connectivity index (χ3n) is 0. The Morgan fingerprint density at radius 2 is 0.0593 bits per heavy atom. The maximum Gasteiger partial charge on any atom is 2.00 e. The number of rotatable bonds is 0. The SMILES string of the molecule is CO.O.O.O.O.O.O.O.O.O.O.O.O.O.O.O.O.O.O.O.O.O.O.O.O.O.O.O.O.O.O.O.O.O.O.O.O.O.O.O.O.O.O.O.O.O.O.O.O.[CH3-].[CH3-].[CH3-].[CH3-].[CH3-].[CH3-].[CH3-].[CH3-].[CH3-].[CH3-].[CH3-].[CH3-].[CH3-].[CH3-].[CH3-].[CH3-].[CH3-].[CH3-].[CH3-].[CH3-].[Ti+2].[Ti+2].[Ti].[Ti].[Ti].[Ti].[Ti].[Ti].[Ti].[Ti].[Ti].[Ti].[Ti].[Ti].[Ti].[Ti].[Ti].[Ti].[Ti].[Ti].[Ti].[Ti].[Ti].[Ti].[Ti].[Ti].[Ti].[Ti].[Ti].[Ti].[Ti].[Ti].[Ti].[Ti].[Ti].[Ti].[Ti].[Ti].[Ti].[Ti].[Ti].[Ti].[Ti].[Ti].[Ti].[Ti].[Ti].[Ti]. The van der Waals surface area contributed by atoms with Gasteiger partial charge in [0.1, 0.15) is 0 Å². The third-order valence-corrected chi connectivity index (χ3v) is 0. The van der Waals surface area contributed by atoms with Crippen molar-refractivity contribution in [2.75, 3.05) is 7.11 Å². The summed E-state index contributed by atoms with van der Waals surface area (Å²) in [6.45, 7) is 0. The van der Waals surface area contributed by atoms with E-state index < -0.39 is 0 Å². The van der Waals surface area contributed by atoms with E-state index in [4.69, 9.17) is 5.11 Å². The number of hydrogen-bond donors (Lipinski definition) is 1. The van der Waals surface area contributed by atoms with Gasteiger partial charge < -0.3 is 416 Å². The Bertz CT molecular complexity index is 177. The van der Waals surface area contributed by atoms with Gasteiger partial charge >= 0.3 is 43.4 Å². The van der Waals surface area contributed by atoms with Crippen molar-refractivity contribution >= 4 is 0 Å². The van der Waals surface area contributed by atoms with E-state index >= 15 is 0 Å². The van der Waals surface area contributed by atoms with Gasteiger partial charge in [0.25, 0.3) is 0 Å².